The van der Waals surface area contributed by atoms with Gasteiger partial charge in [0.2, 0.25) is 0 Å². The predicted octanol–water partition coefficient (Wildman–Crippen LogP) is 3.17. The number of nitrogens with two attached hydrogens (primary N) is 1. The summed E-state index contributed by atoms with van der Waals surface area (Å²) in [5, 5.41) is 9.51. The molecule has 3 N–H and O–H groups in total. The number of nitrogens with zero attached hydrogens (tertiary/aromatic N) is 2. The van der Waals surface area contributed by atoms with E-state index in [1.807, 2.05) is 18.5 Å². The number of rotatable bonds is 5. The Morgan fingerprint density at radius 2 is 2.00 bits per heavy atom. The Balaban J connectivity index is 1.38. The van der Waals surface area contributed by atoms with Crippen molar-refractivity contribution < 1.29 is 5.11 Å². The summed E-state index contributed by atoms with van der Waals surface area (Å²) >= 11 is 0. The molecule has 0 saturated heterocycles. The highest BCUT2D eigenvalue weighted by Crippen LogP contribution is 2.40. The standard InChI is InChI=1S/C22H29N3O/c23-22(15-26)9-8-20(14-22)19-6-5-17-12-16(2-4-18(17)13-19)3-7-21-24-10-1-11-25-21/h1,5-6,10-11,13,16,20,26H,2-4,7-9,12,14-15,23H2/t16-,20+,22-/m1/s1. The van der Waals surface area contributed by atoms with Crippen LogP contribution in [0.15, 0.2) is 36.7 Å². The van der Waals surface area contributed by atoms with Gasteiger partial charge in [0.05, 0.1) is 6.61 Å². The van der Waals surface area contributed by atoms with E-state index < -0.39 is 0 Å². The zero-order chi connectivity index (χ0) is 18.0. The molecule has 4 nitrogen and oxygen atoms in total. The third-order valence-corrected chi connectivity index (χ3v) is 6.39. The van der Waals surface area contributed by atoms with Gasteiger partial charge in [-0.15, -0.1) is 0 Å². The van der Waals surface area contributed by atoms with E-state index in [-0.39, 0.29) is 12.1 Å². The summed E-state index contributed by atoms with van der Waals surface area (Å²) in [4.78, 5) is 8.69. The molecule has 4 heteroatoms. The molecule has 0 amide bonds. The van der Waals surface area contributed by atoms with Gasteiger partial charge >= 0.3 is 0 Å². The zero-order valence-electron chi connectivity index (χ0n) is 15.4. The van der Waals surface area contributed by atoms with E-state index in [0.29, 0.717) is 5.92 Å². The fraction of sp³-hybridized carbons (Fsp3) is 0.545. The van der Waals surface area contributed by atoms with Gasteiger partial charge in [-0.1, -0.05) is 18.2 Å². The Labute approximate surface area is 155 Å². The zero-order valence-corrected chi connectivity index (χ0v) is 15.4. The highest BCUT2D eigenvalue weighted by Gasteiger charge is 2.36. The van der Waals surface area contributed by atoms with Crippen LogP contribution in [0.1, 0.15) is 60.5 Å². The maximum Gasteiger partial charge on any atom is 0.128 e. The highest BCUT2D eigenvalue weighted by atomic mass is 16.3. The summed E-state index contributed by atoms with van der Waals surface area (Å²) in [6, 6.07) is 8.93. The van der Waals surface area contributed by atoms with Crippen molar-refractivity contribution in [2.75, 3.05) is 6.61 Å². The van der Waals surface area contributed by atoms with Gasteiger partial charge in [0.25, 0.3) is 0 Å². The summed E-state index contributed by atoms with van der Waals surface area (Å²) in [5.74, 6) is 2.20. The summed E-state index contributed by atoms with van der Waals surface area (Å²) in [6.07, 6.45) is 12.3. The van der Waals surface area contributed by atoms with Crippen molar-refractivity contribution in [3.63, 3.8) is 0 Å². The molecule has 0 unspecified atom stereocenters. The quantitative estimate of drug-likeness (QED) is 0.868. The van der Waals surface area contributed by atoms with Crippen LogP contribution >= 0.6 is 0 Å². The van der Waals surface area contributed by atoms with Crippen molar-refractivity contribution in [1.82, 2.24) is 9.97 Å². The van der Waals surface area contributed by atoms with Crippen LogP contribution in [0.2, 0.25) is 0 Å². The van der Waals surface area contributed by atoms with Crippen LogP contribution in [-0.4, -0.2) is 27.2 Å². The van der Waals surface area contributed by atoms with Crippen LogP contribution in [0.25, 0.3) is 0 Å². The number of benzene rings is 1. The molecule has 2 aromatic rings. The molecule has 0 spiro atoms. The Hall–Kier alpha value is -1.78. The SMILES string of the molecule is N[C@]1(CO)CC[C@H](c2ccc3c(c2)CC[C@H](CCc2ncccn2)C3)C1. The molecule has 2 aliphatic rings. The summed E-state index contributed by atoms with van der Waals surface area (Å²) in [7, 11) is 0. The third-order valence-electron chi connectivity index (χ3n) is 6.39. The van der Waals surface area contributed by atoms with Gasteiger partial charge in [0.15, 0.2) is 0 Å². The van der Waals surface area contributed by atoms with E-state index in [1.165, 1.54) is 42.4 Å². The van der Waals surface area contributed by atoms with Crippen LogP contribution in [0.5, 0.6) is 0 Å². The van der Waals surface area contributed by atoms with E-state index in [0.717, 1.165) is 37.4 Å². The average Bonchev–Trinajstić information content (AvgIpc) is 3.09. The molecule has 1 saturated carbocycles. The van der Waals surface area contributed by atoms with Crippen LogP contribution in [0.3, 0.4) is 0 Å². The maximum absolute atomic E-state index is 9.51. The summed E-state index contributed by atoms with van der Waals surface area (Å²) in [5.41, 5.74) is 10.3. The second-order valence-electron chi connectivity index (χ2n) is 8.30. The van der Waals surface area contributed by atoms with Gasteiger partial charge in [-0.05, 0) is 79.5 Å². The minimum Gasteiger partial charge on any atom is -0.394 e. The molecule has 138 valence electrons. The summed E-state index contributed by atoms with van der Waals surface area (Å²) < 4.78 is 0. The number of aliphatic hydroxyl groups excluding tert-OH is 1. The molecule has 1 aromatic carbocycles. The molecular weight excluding hydrogens is 322 g/mol. The molecule has 0 aliphatic heterocycles. The molecule has 1 fully saturated rings. The van der Waals surface area contributed by atoms with Crippen molar-refractivity contribution >= 4 is 0 Å². The Morgan fingerprint density at radius 1 is 1.15 bits per heavy atom. The van der Waals surface area contributed by atoms with Gasteiger partial charge in [0.1, 0.15) is 5.82 Å². The van der Waals surface area contributed by atoms with E-state index in [4.69, 9.17) is 5.73 Å². The second-order valence-corrected chi connectivity index (χ2v) is 8.30. The van der Waals surface area contributed by atoms with Crippen LogP contribution < -0.4 is 5.73 Å². The Morgan fingerprint density at radius 3 is 2.77 bits per heavy atom. The number of hydrogen-bond acceptors (Lipinski definition) is 4. The molecule has 4 rings (SSSR count). The predicted molar refractivity (Wildman–Crippen MR) is 103 cm³/mol. The highest BCUT2D eigenvalue weighted by molar-refractivity contribution is 5.36. The Kier molecular flexibility index (Phi) is 5.05. The summed E-state index contributed by atoms with van der Waals surface area (Å²) in [6.45, 7) is 0.0985. The van der Waals surface area contributed by atoms with Crippen molar-refractivity contribution in [3.8, 4) is 0 Å². The minimum atomic E-state index is -0.370. The first-order valence-electron chi connectivity index (χ1n) is 9.92. The third kappa shape index (κ3) is 3.81. The number of aliphatic hydroxyl groups is 1. The average molecular weight is 351 g/mol. The van der Waals surface area contributed by atoms with Crippen molar-refractivity contribution in [2.24, 2.45) is 11.7 Å². The fourth-order valence-corrected chi connectivity index (χ4v) is 4.73. The lowest BCUT2D eigenvalue weighted by atomic mass is 9.80. The van der Waals surface area contributed by atoms with Crippen molar-refractivity contribution in [3.05, 3.63) is 59.2 Å². The first-order chi connectivity index (χ1) is 12.6. The van der Waals surface area contributed by atoms with E-state index in [2.05, 4.69) is 28.2 Å². The van der Waals surface area contributed by atoms with Crippen molar-refractivity contribution in [1.29, 1.82) is 0 Å². The number of aromatic nitrogens is 2. The van der Waals surface area contributed by atoms with E-state index in [1.54, 1.807) is 0 Å². The number of aryl methyl sites for hydroxylation is 2. The van der Waals surface area contributed by atoms with Crippen LogP contribution in [0, 0.1) is 5.92 Å². The number of hydrogen-bond donors (Lipinski definition) is 2. The van der Waals surface area contributed by atoms with E-state index >= 15 is 0 Å². The number of fused-ring (bicyclic) bond motifs is 1. The van der Waals surface area contributed by atoms with Gasteiger partial charge in [-0.2, -0.15) is 0 Å². The monoisotopic (exact) mass is 351 g/mol. The first kappa shape index (κ1) is 17.6. The molecule has 26 heavy (non-hydrogen) atoms. The topological polar surface area (TPSA) is 72.0 Å². The Bertz CT molecular complexity index is 748. The molecule has 0 bridgehead atoms. The molecule has 3 atom stereocenters. The minimum absolute atomic E-state index is 0.0985. The normalized spacial score (nSPS) is 28.1. The second kappa shape index (κ2) is 7.45. The van der Waals surface area contributed by atoms with Crippen LogP contribution in [0.4, 0.5) is 0 Å². The molecular formula is C22H29N3O. The first-order valence-corrected chi connectivity index (χ1v) is 9.92. The van der Waals surface area contributed by atoms with Crippen LogP contribution in [-0.2, 0) is 19.3 Å². The van der Waals surface area contributed by atoms with E-state index in [9.17, 15) is 5.11 Å². The lowest BCUT2D eigenvalue weighted by molar-refractivity contribution is 0.198. The van der Waals surface area contributed by atoms with Gasteiger partial charge in [-0.3, -0.25) is 0 Å². The van der Waals surface area contributed by atoms with Gasteiger partial charge in [0, 0.05) is 24.4 Å². The molecule has 2 aliphatic carbocycles. The lowest BCUT2D eigenvalue weighted by Crippen LogP contribution is -2.40. The smallest absolute Gasteiger partial charge is 0.128 e. The largest absolute Gasteiger partial charge is 0.394 e. The van der Waals surface area contributed by atoms with Crippen molar-refractivity contribution in [2.45, 2.75) is 62.8 Å². The van der Waals surface area contributed by atoms with Gasteiger partial charge < -0.3 is 10.8 Å². The molecule has 0 radical (unpaired) electrons. The van der Waals surface area contributed by atoms with Gasteiger partial charge in [-0.25, -0.2) is 9.97 Å². The maximum atomic E-state index is 9.51. The molecule has 1 aromatic heterocycles. The lowest BCUT2D eigenvalue weighted by Gasteiger charge is -2.26. The molecule has 1 heterocycles. The fourth-order valence-electron chi connectivity index (χ4n) is 4.73.